The van der Waals surface area contributed by atoms with Crippen LogP contribution in [0.15, 0.2) is 48.5 Å². The highest BCUT2D eigenvalue weighted by Gasteiger charge is 2.15. The smallest absolute Gasteiger partial charge is 0.323 e. The van der Waals surface area contributed by atoms with Crippen molar-refractivity contribution < 1.29 is 18.3 Å². The summed E-state index contributed by atoms with van der Waals surface area (Å²) in [6.07, 6.45) is -2.57. The molecule has 3 aromatic carbocycles. The number of hydrogen-bond donors (Lipinski definition) is 2. The first-order chi connectivity index (χ1) is 13.4. The molecule has 0 radical (unpaired) electrons. The third kappa shape index (κ3) is 4.29. The van der Waals surface area contributed by atoms with Gasteiger partial charge >= 0.3 is 6.03 Å². The van der Waals surface area contributed by atoms with E-state index in [0.29, 0.717) is 33.1 Å². The van der Waals surface area contributed by atoms with Gasteiger partial charge in [-0.1, -0.05) is 23.7 Å². The second kappa shape index (κ2) is 8.63. The number of fused-ring (bicyclic) bond motifs is 1. The Labute approximate surface area is 170 Å². The van der Waals surface area contributed by atoms with Crippen molar-refractivity contribution in [2.75, 3.05) is 17.7 Å². The fraction of sp³-hybridized carbons (Fsp3) is 0.150. The fourth-order valence-corrected chi connectivity index (χ4v) is 3.29. The number of hydrogen-bond acceptors (Lipinski definition) is 2. The van der Waals surface area contributed by atoms with Crippen LogP contribution in [0.4, 0.5) is 25.0 Å². The van der Waals surface area contributed by atoms with E-state index in [2.05, 4.69) is 10.6 Å². The molecule has 28 heavy (non-hydrogen) atoms. The van der Waals surface area contributed by atoms with Crippen molar-refractivity contribution in [2.45, 2.75) is 12.3 Å². The fourth-order valence-electron chi connectivity index (χ4n) is 2.78. The van der Waals surface area contributed by atoms with E-state index in [1.54, 1.807) is 24.3 Å². The van der Waals surface area contributed by atoms with E-state index in [9.17, 15) is 13.6 Å². The number of carbonyl (C=O) groups excluding carboxylic acids is 1. The molecule has 0 fully saturated rings. The number of urea groups is 1. The van der Waals surface area contributed by atoms with Gasteiger partial charge in [-0.3, -0.25) is 0 Å². The molecule has 0 bridgehead atoms. The zero-order chi connectivity index (χ0) is 20.3. The number of amides is 2. The second-order valence-electron chi connectivity index (χ2n) is 5.94. The lowest BCUT2D eigenvalue weighted by atomic mass is 10.0. The molecule has 0 aliphatic heterocycles. The van der Waals surface area contributed by atoms with Crippen LogP contribution in [0.3, 0.4) is 0 Å². The van der Waals surface area contributed by atoms with Crippen LogP contribution in [0.5, 0.6) is 5.75 Å². The molecule has 0 spiro atoms. The summed E-state index contributed by atoms with van der Waals surface area (Å²) in [7, 11) is 1.54. The Kier molecular flexibility index (Phi) is 6.21. The minimum absolute atomic E-state index is 0.119. The number of anilines is 2. The third-order valence-electron chi connectivity index (χ3n) is 4.18. The van der Waals surface area contributed by atoms with Crippen LogP contribution in [-0.4, -0.2) is 13.1 Å². The number of halogens is 4. The van der Waals surface area contributed by atoms with Crippen molar-refractivity contribution in [1.29, 1.82) is 0 Å². The largest absolute Gasteiger partial charge is 0.497 e. The molecular weight excluding hydrogens is 409 g/mol. The first kappa shape index (κ1) is 20.2. The molecule has 0 aromatic heterocycles. The van der Waals surface area contributed by atoms with Gasteiger partial charge in [-0.25, -0.2) is 13.6 Å². The van der Waals surface area contributed by atoms with Gasteiger partial charge in [0.05, 0.1) is 12.8 Å². The summed E-state index contributed by atoms with van der Waals surface area (Å²) < 4.78 is 30.5. The summed E-state index contributed by atoms with van der Waals surface area (Å²) in [6, 6.07) is 11.8. The van der Waals surface area contributed by atoms with E-state index in [1.165, 1.54) is 31.4 Å². The summed E-state index contributed by atoms with van der Waals surface area (Å²) in [5, 5.41) is 7.29. The zero-order valence-corrected chi connectivity index (χ0v) is 16.2. The Bertz CT molecular complexity index is 1010. The molecule has 3 aromatic rings. The van der Waals surface area contributed by atoms with Gasteiger partial charge in [0.15, 0.2) is 0 Å². The summed E-state index contributed by atoms with van der Waals surface area (Å²) >= 11 is 12.4. The van der Waals surface area contributed by atoms with Gasteiger partial charge in [0.1, 0.15) is 5.75 Å². The monoisotopic (exact) mass is 424 g/mol. The number of benzene rings is 3. The van der Waals surface area contributed by atoms with Crippen LogP contribution < -0.4 is 15.4 Å². The maximum absolute atomic E-state index is 12.6. The topological polar surface area (TPSA) is 50.4 Å². The third-order valence-corrected chi connectivity index (χ3v) is 4.78. The van der Waals surface area contributed by atoms with Crippen LogP contribution in [0.25, 0.3) is 10.8 Å². The van der Waals surface area contributed by atoms with Crippen molar-refractivity contribution >= 4 is 51.4 Å². The number of nitrogens with one attached hydrogen (secondary N) is 2. The molecule has 2 amide bonds. The standard InChI is InChI=1S/C20H16Cl2F2N2O2/c1-28-14-6-7-15-16(9-14)18(12(10-21)8-17(15)22)26-20(27)25-13-4-2-11(3-5-13)19(23)24/h2-9,19H,10H2,1H3,(H2,25,26,27). The lowest BCUT2D eigenvalue weighted by Crippen LogP contribution is -2.20. The summed E-state index contributed by atoms with van der Waals surface area (Å²) in [5.41, 5.74) is 1.39. The van der Waals surface area contributed by atoms with Crippen molar-refractivity contribution in [1.82, 2.24) is 0 Å². The molecule has 8 heteroatoms. The van der Waals surface area contributed by atoms with Crippen molar-refractivity contribution in [3.63, 3.8) is 0 Å². The van der Waals surface area contributed by atoms with Crippen LogP contribution in [-0.2, 0) is 5.88 Å². The zero-order valence-electron chi connectivity index (χ0n) is 14.7. The van der Waals surface area contributed by atoms with Gasteiger partial charge in [0.25, 0.3) is 6.43 Å². The van der Waals surface area contributed by atoms with Gasteiger partial charge in [0, 0.05) is 32.9 Å². The van der Waals surface area contributed by atoms with E-state index in [-0.39, 0.29) is 11.4 Å². The Hall–Kier alpha value is -2.57. The van der Waals surface area contributed by atoms with E-state index in [0.717, 1.165) is 5.39 Å². The van der Waals surface area contributed by atoms with Gasteiger partial charge in [-0.2, -0.15) is 0 Å². The normalized spacial score (nSPS) is 10.9. The lowest BCUT2D eigenvalue weighted by Gasteiger charge is -2.16. The first-order valence-electron chi connectivity index (χ1n) is 8.24. The number of carbonyl (C=O) groups is 1. The van der Waals surface area contributed by atoms with Crippen LogP contribution in [0, 0.1) is 0 Å². The Morgan fingerprint density at radius 3 is 2.39 bits per heavy atom. The van der Waals surface area contributed by atoms with Gasteiger partial charge in [-0.05, 0) is 42.0 Å². The molecule has 0 saturated heterocycles. The Morgan fingerprint density at radius 1 is 1.07 bits per heavy atom. The maximum atomic E-state index is 12.6. The molecule has 146 valence electrons. The van der Waals surface area contributed by atoms with Gasteiger partial charge in [0.2, 0.25) is 0 Å². The maximum Gasteiger partial charge on any atom is 0.323 e. The number of rotatable bonds is 5. The van der Waals surface area contributed by atoms with Crippen molar-refractivity contribution in [2.24, 2.45) is 0 Å². The van der Waals surface area contributed by atoms with E-state index in [4.69, 9.17) is 27.9 Å². The molecule has 0 aliphatic rings. The molecule has 0 heterocycles. The number of alkyl halides is 3. The van der Waals surface area contributed by atoms with Crippen molar-refractivity contribution in [3.05, 3.63) is 64.7 Å². The summed E-state index contributed by atoms with van der Waals surface area (Å²) in [5.74, 6) is 0.729. The lowest BCUT2D eigenvalue weighted by molar-refractivity contribution is 0.151. The van der Waals surface area contributed by atoms with Crippen LogP contribution in [0.1, 0.15) is 17.6 Å². The molecule has 0 unspecified atom stereocenters. The van der Waals surface area contributed by atoms with Crippen LogP contribution in [0.2, 0.25) is 5.02 Å². The van der Waals surface area contributed by atoms with E-state index < -0.39 is 12.5 Å². The highest BCUT2D eigenvalue weighted by atomic mass is 35.5. The number of ether oxygens (including phenoxy) is 1. The average molecular weight is 425 g/mol. The molecule has 0 aliphatic carbocycles. The molecule has 4 nitrogen and oxygen atoms in total. The van der Waals surface area contributed by atoms with Crippen LogP contribution >= 0.6 is 23.2 Å². The average Bonchev–Trinajstić information content (AvgIpc) is 2.69. The minimum Gasteiger partial charge on any atom is -0.497 e. The first-order valence-corrected chi connectivity index (χ1v) is 9.15. The molecule has 0 saturated carbocycles. The van der Waals surface area contributed by atoms with Gasteiger partial charge in [-0.15, -0.1) is 11.6 Å². The Balaban J connectivity index is 1.91. The highest BCUT2D eigenvalue weighted by molar-refractivity contribution is 6.36. The van der Waals surface area contributed by atoms with E-state index >= 15 is 0 Å². The summed E-state index contributed by atoms with van der Waals surface area (Å²) in [4.78, 5) is 12.5. The summed E-state index contributed by atoms with van der Waals surface area (Å²) in [6.45, 7) is 0. The second-order valence-corrected chi connectivity index (χ2v) is 6.61. The quantitative estimate of drug-likeness (QED) is 0.441. The molecular formula is C20H16Cl2F2N2O2. The van der Waals surface area contributed by atoms with Gasteiger partial charge < -0.3 is 15.4 Å². The SMILES string of the molecule is COc1ccc2c(Cl)cc(CCl)c(NC(=O)Nc3ccc(C(F)F)cc3)c2c1. The minimum atomic E-state index is -2.57. The molecule has 3 rings (SSSR count). The highest BCUT2D eigenvalue weighted by Crippen LogP contribution is 2.36. The molecule has 0 atom stereocenters. The Morgan fingerprint density at radius 2 is 1.79 bits per heavy atom. The number of methoxy groups -OCH3 is 1. The predicted molar refractivity (Wildman–Crippen MR) is 109 cm³/mol. The predicted octanol–water partition coefficient (Wildman–Crippen LogP) is 6.82. The van der Waals surface area contributed by atoms with E-state index in [1.807, 2.05) is 0 Å². The molecule has 2 N–H and O–H groups in total. The van der Waals surface area contributed by atoms with Crippen molar-refractivity contribution in [3.8, 4) is 5.75 Å².